The summed E-state index contributed by atoms with van der Waals surface area (Å²) in [6.45, 7) is 2.05. The van der Waals surface area contributed by atoms with E-state index in [-0.39, 0.29) is 5.91 Å². The SMILES string of the molecule is O=C(C[C@@H]1CCCOC1)NCc1nc(-c2ccccc2)cs1. The second-order valence-electron chi connectivity index (χ2n) is 5.56. The highest BCUT2D eigenvalue weighted by Crippen LogP contribution is 2.21. The summed E-state index contributed by atoms with van der Waals surface area (Å²) in [7, 11) is 0. The van der Waals surface area contributed by atoms with Crippen LogP contribution in [-0.4, -0.2) is 24.1 Å². The summed E-state index contributed by atoms with van der Waals surface area (Å²) >= 11 is 1.58. The first-order chi connectivity index (χ1) is 10.8. The van der Waals surface area contributed by atoms with Gasteiger partial charge in [-0.15, -0.1) is 11.3 Å². The second kappa shape index (κ2) is 7.51. The predicted octanol–water partition coefficient (Wildman–Crippen LogP) is 3.24. The van der Waals surface area contributed by atoms with Gasteiger partial charge in [0.2, 0.25) is 5.91 Å². The lowest BCUT2D eigenvalue weighted by molar-refractivity contribution is -0.123. The maximum absolute atomic E-state index is 12.0. The second-order valence-corrected chi connectivity index (χ2v) is 6.50. The van der Waals surface area contributed by atoms with Crippen LogP contribution in [0.4, 0.5) is 0 Å². The van der Waals surface area contributed by atoms with Gasteiger partial charge in [0.25, 0.3) is 0 Å². The lowest BCUT2D eigenvalue weighted by atomic mass is 9.98. The van der Waals surface area contributed by atoms with Crippen molar-refractivity contribution in [1.29, 1.82) is 0 Å². The maximum Gasteiger partial charge on any atom is 0.220 e. The van der Waals surface area contributed by atoms with Gasteiger partial charge in [-0.2, -0.15) is 0 Å². The quantitative estimate of drug-likeness (QED) is 0.921. The van der Waals surface area contributed by atoms with Crippen LogP contribution in [-0.2, 0) is 16.1 Å². The number of benzene rings is 1. The Balaban J connectivity index is 1.49. The number of carbonyl (C=O) groups excluding carboxylic acids is 1. The molecule has 3 rings (SSSR count). The van der Waals surface area contributed by atoms with Crippen molar-refractivity contribution in [2.45, 2.75) is 25.8 Å². The summed E-state index contributed by atoms with van der Waals surface area (Å²) in [5.41, 5.74) is 2.08. The van der Waals surface area contributed by atoms with Crippen molar-refractivity contribution in [2.24, 2.45) is 5.92 Å². The molecule has 1 N–H and O–H groups in total. The van der Waals surface area contributed by atoms with Crippen LogP contribution in [0.2, 0.25) is 0 Å². The number of thiazole rings is 1. The van der Waals surface area contributed by atoms with Crippen LogP contribution in [0.1, 0.15) is 24.3 Å². The minimum absolute atomic E-state index is 0.0898. The third kappa shape index (κ3) is 4.15. The van der Waals surface area contributed by atoms with E-state index in [1.165, 1.54) is 0 Å². The van der Waals surface area contributed by atoms with E-state index in [1.54, 1.807) is 11.3 Å². The van der Waals surface area contributed by atoms with Gasteiger partial charge < -0.3 is 10.1 Å². The number of aromatic nitrogens is 1. The van der Waals surface area contributed by atoms with Crippen LogP contribution in [0.25, 0.3) is 11.3 Å². The molecule has 1 aromatic carbocycles. The predicted molar refractivity (Wildman–Crippen MR) is 87.6 cm³/mol. The zero-order chi connectivity index (χ0) is 15.2. The fourth-order valence-electron chi connectivity index (χ4n) is 2.61. The van der Waals surface area contributed by atoms with Crippen LogP contribution >= 0.6 is 11.3 Å². The van der Waals surface area contributed by atoms with Gasteiger partial charge in [-0.25, -0.2) is 4.98 Å². The van der Waals surface area contributed by atoms with Gasteiger partial charge in [-0.3, -0.25) is 4.79 Å². The van der Waals surface area contributed by atoms with E-state index in [2.05, 4.69) is 10.3 Å². The average Bonchev–Trinajstić information content (AvgIpc) is 3.04. The first-order valence-electron chi connectivity index (χ1n) is 7.65. The molecule has 1 aliphatic heterocycles. The normalized spacial score (nSPS) is 18.1. The molecule has 0 saturated carbocycles. The molecule has 0 spiro atoms. The van der Waals surface area contributed by atoms with E-state index in [4.69, 9.17) is 4.74 Å². The molecule has 0 bridgehead atoms. The van der Waals surface area contributed by atoms with Gasteiger partial charge >= 0.3 is 0 Å². The Kier molecular flexibility index (Phi) is 5.19. The van der Waals surface area contributed by atoms with Crippen LogP contribution < -0.4 is 5.32 Å². The number of hydrogen-bond donors (Lipinski definition) is 1. The monoisotopic (exact) mass is 316 g/mol. The molecular formula is C17H20N2O2S. The fourth-order valence-corrected chi connectivity index (χ4v) is 3.35. The molecule has 2 heterocycles. The molecule has 0 radical (unpaired) electrons. The Morgan fingerprint density at radius 2 is 2.23 bits per heavy atom. The molecule has 1 saturated heterocycles. The summed E-state index contributed by atoms with van der Waals surface area (Å²) in [6.07, 6.45) is 2.70. The number of carbonyl (C=O) groups is 1. The molecule has 1 amide bonds. The third-order valence-corrected chi connectivity index (χ3v) is 4.64. The van der Waals surface area contributed by atoms with Gasteiger partial charge in [-0.05, 0) is 18.8 Å². The van der Waals surface area contributed by atoms with Crippen molar-refractivity contribution in [2.75, 3.05) is 13.2 Å². The molecule has 116 valence electrons. The molecule has 1 fully saturated rings. The molecule has 0 unspecified atom stereocenters. The molecule has 5 heteroatoms. The molecule has 0 aliphatic carbocycles. The Hall–Kier alpha value is -1.72. The van der Waals surface area contributed by atoms with Gasteiger partial charge in [-0.1, -0.05) is 30.3 Å². The van der Waals surface area contributed by atoms with Crippen LogP contribution in [0.3, 0.4) is 0 Å². The maximum atomic E-state index is 12.0. The molecule has 2 aromatic rings. The highest BCUT2D eigenvalue weighted by molar-refractivity contribution is 7.09. The average molecular weight is 316 g/mol. The lowest BCUT2D eigenvalue weighted by Crippen LogP contribution is -2.28. The number of hydrogen-bond acceptors (Lipinski definition) is 4. The zero-order valence-electron chi connectivity index (χ0n) is 12.5. The number of nitrogens with zero attached hydrogens (tertiary/aromatic N) is 1. The van der Waals surface area contributed by atoms with Gasteiger partial charge in [0.1, 0.15) is 5.01 Å². The highest BCUT2D eigenvalue weighted by atomic mass is 32.1. The highest BCUT2D eigenvalue weighted by Gasteiger charge is 2.17. The zero-order valence-corrected chi connectivity index (χ0v) is 13.3. The summed E-state index contributed by atoms with van der Waals surface area (Å²) < 4.78 is 5.41. The minimum Gasteiger partial charge on any atom is -0.381 e. The molecule has 1 aromatic heterocycles. The Labute approximate surface area is 134 Å². The first-order valence-corrected chi connectivity index (χ1v) is 8.53. The summed E-state index contributed by atoms with van der Waals surface area (Å²) in [6, 6.07) is 10.1. The summed E-state index contributed by atoms with van der Waals surface area (Å²) in [4.78, 5) is 16.5. The Bertz CT molecular complexity index is 606. The Morgan fingerprint density at radius 3 is 3.00 bits per heavy atom. The van der Waals surface area contributed by atoms with E-state index in [9.17, 15) is 4.79 Å². The van der Waals surface area contributed by atoms with E-state index >= 15 is 0 Å². The lowest BCUT2D eigenvalue weighted by Gasteiger charge is -2.21. The number of ether oxygens (including phenoxy) is 1. The van der Waals surface area contributed by atoms with Crippen molar-refractivity contribution in [1.82, 2.24) is 10.3 Å². The standard InChI is InChI=1S/C17H20N2O2S/c20-16(9-13-5-4-8-21-11-13)18-10-17-19-15(12-22-17)14-6-2-1-3-7-14/h1-3,6-7,12-13H,4-5,8-11H2,(H,18,20)/t13-/m0/s1. The van der Waals surface area contributed by atoms with Crippen molar-refractivity contribution in [3.05, 3.63) is 40.7 Å². The topological polar surface area (TPSA) is 51.2 Å². The first kappa shape index (κ1) is 15.2. The molecule has 4 nitrogen and oxygen atoms in total. The van der Waals surface area contributed by atoms with E-state index in [0.29, 0.717) is 25.5 Å². The largest absolute Gasteiger partial charge is 0.381 e. The van der Waals surface area contributed by atoms with E-state index in [1.807, 2.05) is 35.7 Å². The summed E-state index contributed by atoms with van der Waals surface area (Å²) in [5.74, 6) is 0.455. The van der Waals surface area contributed by atoms with Gasteiger partial charge in [0, 0.05) is 30.6 Å². The van der Waals surface area contributed by atoms with Crippen LogP contribution in [0.15, 0.2) is 35.7 Å². The number of rotatable bonds is 5. The van der Waals surface area contributed by atoms with E-state index in [0.717, 1.165) is 35.7 Å². The molecular weight excluding hydrogens is 296 g/mol. The van der Waals surface area contributed by atoms with Crippen molar-refractivity contribution < 1.29 is 9.53 Å². The molecule has 1 aliphatic rings. The van der Waals surface area contributed by atoms with Crippen molar-refractivity contribution in [3.63, 3.8) is 0 Å². The summed E-state index contributed by atoms with van der Waals surface area (Å²) in [5, 5.41) is 5.94. The van der Waals surface area contributed by atoms with Crippen LogP contribution in [0, 0.1) is 5.92 Å². The Morgan fingerprint density at radius 1 is 1.36 bits per heavy atom. The smallest absolute Gasteiger partial charge is 0.220 e. The fraction of sp³-hybridized carbons (Fsp3) is 0.412. The van der Waals surface area contributed by atoms with Gasteiger partial charge in [0.15, 0.2) is 0 Å². The van der Waals surface area contributed by atoms with Gasteiger partial charge in [0.05, 0.1) is 12.2 Å². The van der Waals surface area contributed by atoms with Crippen LogP contribution in [0.5, 0.6) is 0 Å². The number of nitrogens with one attached hydrogen (secondary N) is 1. The number of amides is 1. The van der Waals surface area contributed by atoms with E-state index < -0.39 is 0 Å². The minimum atomic E-state index is 0.0898. The molecule has 1 atom stereocenters. The molecule has 22 heavy (non-hydrogen) atoms. The third-order valence-electron chi connectivity index (χ3n) is 3.79. The van der Waals surface area contributed by atoms with Crippen molar-refractivity contribution in [3.8, 4) is 11.3 Å². The van der Waals surface area contributed by atoms with Crippen molar-refractivity contribution >= 4 is 17.2 Å².